The van der Waals surface area contributed by atoms with E-state index in [-0.39, 0.29) is 0 Å². The zero-order chi connectivity index (χ0) is 18.4. The van der Waals surface area contributed by atoms with Crippen molar-refractivity contribution in [3.8, 4) is 0 Å². The lowest BCUT2D eigenvalue weighted by Crippen LogP contribution is -2.60. The van der Waals surface area contributed by atoms with Crippen LogP contribution in [0.2, 0.25) is 6.55 Å². The number of benzene rings is 2. The predicted molar refractivity (Wildman–Crippen MR) is 113 cm³/mol. The summed E-state index contributed by atoms with van der Waals surface area (Å²) in [6, 6.07) is 18.0. The summed E-state index contributed by atoms with van der Waals surface area (Å²) in [5.41, 5.74) is 7.46. The third-order valence-corrected chi connectivity index (χ3v) is 11.7. The third-order valence-electron chi connectivity index (χ3n) is 6.51. The quantitative estimate of drug-likeness (QED) is 0.658. The fraction of sp³-hybridized carbons (Fsp3) is 0.333. The highest BCUT2D eigenvalue weighted by Crippen LogP contribution is 2.41. The number of hydrogen-bond donors (Lipinski definition) is 0. The third kappa shape index (κ3) is 2.66. The Hall–Kier alpha value is -1.86. The second-order valence-corrected chi connectivity index (χ2v) is 11.7. The van der Waals surface area contributed by atoms with Gasteiger partial charge in [-0.2, -0.15) is 0 Å². The molecule has 2 aromatic carbocycles. The van der Waals surface area contributed by atoms with Crippen molar-refractivity contribution in [3.63, 3.8) is 0 Å². The lowest BCUT2D eigenvalue weighted by Gasteiger charge is -2.37. The van der Waals surface area contributed by atoms with Gasteiger partial charge in [-0.15, -0.1) is 0 Å². The molecule has 0 saturated carbocycles. The minimum absolute atomic E-state index is 0.538. The van der Waals surface area contributed by atoms with Crippen molar-refractivity contribution in [2.45, 2.75) is 48.1 Å². The first-order valence-electron chi connectivity index (χ1n) is 9.31. The molecule has 0 radical (unpaired) electrons. The molecule has 0 heterocycles. The maximum atomic E-state index is 2.57. The molecule has 2 atom stereocenters. The van der Waals surface area contributed by atoms with Gasteiger partial charge in [0.15, 0.2) is 0 Å². The number of aryl methyl sites for hydroxylation is 2. The first kappa shape index (κ1) is 17.9. The zero-order valence-corrected chi connectivity index (χ0v) is 17.7. The Labute approximate surface area is 154 Å². The van der Waals surface area contributed by atoms with Gasteiger partial charge in [0, 0.05) is 0 Å². The molecule has 0 aliphatic heterocycles. The molecule has 0 N–H and O–H groups in total. The van der Waals surface area contributed by atoms with E-state index in [2.05, 4.69) is 96.6 Å². The SMILES string of the molecule is CC1=C(C)C(C)C([Si](C)(c2ccccc2)c2c(C)cccc2C)=C1C. The average Bonchev–Trinajstić information content (AvgIpc) is 2.79. The summed E-state index contributed by atoms with van der Waals surface area (Å²) in [6.45, 7) is 16.5. The van der Waals surface area contributed by atoms with Gasteiger partial charge in [0.1, 0.15) is 8.07 Å². The van der Waals surface area contributed by atoms with Gasteiger partial charge >= 0.3 is 0 Å². The Morgan fingerprint density at radius 2 is 1.28 bits per heavy atom. The van der Waals surface area contributed by atoms with E-state index < -0.39 is 8.07 Å². The van der Waals surface area contributed by atoms with Gasteiger partial charge in [0.2, 0.25) is 0 Å². The second-order valence-electron chi connectivity index (χ2n) is 7.83. The molecule has 25 heavy (non-hydrogen) atoms. The van der Waals surface area contributed by atoms with E-state index in [9.17, 15) is 0 Å². The molecule has 0 spiro atoms. The molecule has 0 nitrogen and oxygen atoms in total. The van der Waals surface area contributed by atoms with Gasteiger partial charge < -0.3 is 0 Å². The summed E-state index contributed by atoms with van der Waals surface area (Å²) in [5.74, 6) is 0.538. The fourth-order valence-corrected chi connectivity index (χ4v) is 10.5. The number of hydrogen-bond acceptors (Lipinski definition) is 0. The van der Waals surface area contributed by atoms with Crippen LogP contribution >= 0.6 is 0 Å². The molecule has 2 aromatic rings. The van der Waals surface area contributed by atoms with Crippen molar-refractivity contribution in [3.05, 3.63) is 81.6 Å². The van der Waals surface area contributed by atoms with Crippen molar-refractivity contribution in [1.29, 1.82) is 0 Å². The van der Waals surface area contributed by atoms with Crippen molar-refractivity contribution < 1.29 is 0 Å². The van der Waals surface area contributed by atoms with Gasteiger partial charge in [-0.3, -0.25) is 0 Å². The lowest BCUT2D eigenvalue weighted by atomic mass is 10.1. The predicted octanol–water partition coefficient (Wildman–Crippen LogP) is 5.34. The summed E-state index contributed by atoms with van der Waals surface area (Å²) in [5, 5.41) is 4.83. The summed E-state index contributed by atoms with van der Waals surface area (Å²) >= 11 is 0. The number of allylic oxidation sites excluding steroid dienone is 4. The van der Waals surface area contributed by atoms with Crippen LogP contribution < -0.4 is 10.4 Å². The zero-order valence-electron chi connectivity index (χ0n) is 16.7. The molecule has 0 saturated heterocycles. The molecular formula is C24H30Si. The highest BCUT2D eigenvalue weighted by Gasteiger charge is 2.43. The van der Waals surface area contributed by atoms with E-state index in [0.717, 1.165) is 0 Å². The van der Waals surface area contributed by atoms with Gasteiger partial charge in [0.05, 0.1) is 0 Å². The van der Waals surface area contributed by atoms with Crippen LogP contribution in [-0.4, -0.2) is 8.07 Å². The molecule has 3 rings (SSSR count). The van der Waals surface area contributed by atoms with Gasteiger partial charge in [-0.25, -0.2) is 0 Å². The fourth-order valence-electron chi connectivity index (χ4n) is 4.98. The highest BCUT2D eigenvalue weighted by atomic mass is 28.3. The van der Waals surface area contributed by atoms with Crippen LogP contribution in [0.25, 0.3) is 0 Å². The van der Waals surface area contributed by atoms with Crippen LogP contribution in [0.4, 0.5) is 0 Å². The normalized spacial score (nSPS) is 20.2. The van der Waals surface area contributed by atoms with E-state index in [4.69, 9.17) is 0 Å². The highest BCUT2D eigenvalue weighted by molar-refractivity contribution is 7.07. The van der Waals surface area contributed by atoms with Crippen molar-refractivity contribution >= 4 is 18.4 Å². The first-order chi connectivity index (χ1) is 11.8. The monoisotopic (exact) mass is 346 g/mol. The van der Waals surface area contributed by atoms with Crippen LogP contribution in [0.1, 0.15) is 38.8 Å². The minimum Gasteiger partial charge on any atom is -0.0636 e. The topological polar surface area (TPSA) is 0 Å². The van der Waals surface area contributed by atoms with Gasteiger partial charge in [-0.1, -0.05) is 89.5 Å². The average molecular weight is 347 g/mol. The summed E-state index contributed by atoms with van der Waals surface area (Å²) in [7, 11) is -2.03. The molecular weight excluding hydrogens is 316 g/mol. The molecule has 0 aromatic heterocycles. The van der Waals surface area contributed by atoms with E-state index in [1.807, 2.05) is 0 Å². The van der Waals surface area contributed by atoms with E-state index in [0.29, 0.717) is 5.92 Å². The van der Waals surface area contributed by atoms with E-state index >= 15 is 0 Å². The van der Waals surface area contributed by atoms with E-state index in [1.165, 1.54) is 27.5 Å². The molecule has 0 bridgehead atoms. The van der Waals surface area contributed by atoms with Crippen LogP contribution in [0.5, 0.6) is 0 Å². The molecule has 1 aliphatic carbocycles. The van der Waals surface area contributed by atoms with E-state index in [1.54, 1.807) is 16.0 Å². The maximum Gasteiger partial charge on any atom is 0.142 e. The summed E-state index contributed by atoms with van der Waals surface area (Å²) in [6.07, 6.45) is 0. The van der Waals surface area contributed by atoms with Gasteiger partial charge in [-0.05, 0) is 56.5 Å². The smallest absolute Gasteiger partial charge is 0.0636 e. The van der Waals surface area contributed by atoms with Crippen molar-refractivity contribution in [2.75, 3.05) is 0 Å². The van der Waals surface area contributed by atoms with Crippen LogP contribution in [-0.2, 0) is 0 Å². The maximum absolute atomic E-state index is 2.57. The molecule has 2 unspecified atom stereocenters. The van der Waals surface area contributed by atoms with Crippen molar-refractivity contribution in [2.24, 2.45) is 5.92 Å². The van der Waals surface area contributed by atoms with Crippen LogP contribution in [0.3, 0.4) is 0 Å². The Morgan fingerprint density at radius 1 is 0.720 bits per heavy atom. The first-order valence-corrected chi connectivity index (χ1v) is 11.8. The molecule has 0 fully saturated rings. The second kappa shape index (κ2) is 6.46. The van der Waals surface area contributed by atoms with Crippen LogP contribution in [0.15, 0.2) is 70.4 Å². The van der Waals surface area contributed by atoms with Crippen LogP contribution in [0, 0.1) is 19.8 Å². The largest absolute Gasteiger partial charge is 0.142 e. The molecule has 1 heteroatoms. The Balaban J connectivity index is 2.38. The molecule has 1 aliphatic rings. The Kier molecular flexibility index (Phi) is 4.63. The lowest BCUT2D eigenvalue weighted by molar-refractivity contribution is 0.850. The van der Waals surface area contributed by atoms with Crippen molar-refractivity contribution in [1.82, 2.24) is 0 Å². The summed E-state index contributed by atoms with van der Waals surface area (Å²) in [4.78, 5) is 0. The van der Waals surface area contributed by atoms with Gasteiger partial charge in [0.25, 0.3) is 0 Å². The standard InChI is InChI=1S/C24H30Si/c1-16-12-11-13-17(2)23(16)25(7,22-14-9-8-10-15-22)24-20(5)18(3)19(4)21(24)6/h8-15,20H,1-7H3. The molecule has 130 valence electrons. The minimum atomic E-state index is -2.03. The summed E-state index contributed by atoms with van der Waals surface area (Å²) < 4.78 is 0. The molecule has 0 amide bonds. The Bertz CT molecular complexity index is 850. The number of rotatable bonds is 3. The Morgan fingerprint density at radius 3 is 1.76 bits per heavy atom.